The number of carbonyl (C=O) groups is 2. The van der Waals surface area contributed by atoms with Gasteiger partial charge in [0.05, 0.1) is 16.0 Å². The number of benzene rings is 2. The number of fused-ring (bicyclic) bond motifs is 2. The molecule has 1 saturated carbocycles. The van der Waals surface area contributed by atoms with Crippen molar-refractivity contribution in [1.82, 2.24) is 4.98 Å². The number of nitrogens with zero attached hydrogens (tertiary/aromatic N) is 1. The van der Waals surface area contributed by atoms with Crippen LogP contribution in [0.25, 0.3) is 0 Å². The third-order valence-electron chi connectivity index (χ3n) is 6.12. The minimum Gasteiger partial charge on any atom is -0.478 e. The molecule has 152 valence electrons. The molecule has 1 aromatic heterocycles. The second kappa shape index (κ2) is 6.97. The molecule has 2 aliphatic rings. The summed E-state index contributed by atoms with van der Waals surface area (Å²) in [5.41, 5.74) is 4.12. The highest BCUT2D eigenvalue weighted by Gasteiger charge is 2.65. The molecular formula is C25H17ClN2O3. The van der Waals surface area contributed by atoms with Crippen molar-refractivity contribution in [3.05, 3.63) is 93.3 Å². The summed E-state index contributed by atoms with van der Waals surface area (Å²) in [4.78, 5) is 28.5. The highest BCUT2D eigenvalue weighted by molar-refractivity contribution is 6.32. The molecule has 5 nitrogen and oxygen atoms in total. The van der Waals surface area contributed by atoms with Crippen molar-refractivity contribution in [2.45, 2.75) is 24.7 Å². The molecule has 5 rings (SSSR count). The van der Waals surface area contributed by atoms with Crippen LogP contribution in [0.2, 0.25) is 5.02 Å². The smallest absolute Gasteiger partial charge is 0.335 e. The highest BCUT2D eigenvalue weighted by atomic mass is 35.5. The van der Waals surface area contributed by atoms with E-state index in [4.69, 9.17) is 11.6 Å². The van der Waals surface area contributed by atoms with Crippen LogP contribution in [0.1, 0.15) is 50.5 Å². The molecule has 2 unspecified atom stereocenters. The van der Waals surface area contributed by atoms with Gasteiger partial charge in [0.2, 0.25) is 5.91 Å². The Morgan fingerprint density at radius 2 is 1.97 bits per heavy atom. The number of pyridine rings is 1. The van der Waals surface area contributed by atoms with E-state index in [1.807, 2.05) is 24.3 Å². The van der Waals surface area contributed by atoms with Crippen molar-refractivity contribution in [3.63, 3.8) is 0 Å². The molecule has 0 bridgehead atoms. The van der Waals surface area contributed by atoms with Crippen LogP contribution in [-0.2, 0) is 10.2 Å². The molecule has 1 amide bonds. The predicted molar refractivity (Wildman–Crippen MR) is 117 cm³/mol. The maximum absolute atomic E-state index is 13.0. The lowest BCUT2D eigenvalue weighted by Crippen LogP contribution is -2.21. The van der Waals surface area contributed by atoms with Gasteiger partial charge in [-0.2, -0.15) is 0 Å². The zero-order valence-electron chi connectivity index (χ0n) is 16.6. The first-order valence-corrected chi connectivity index (χ1v) is 10.2. The van der Waals surface area contributed by atoms with Crippen molar-refractivity contribution in [3.8, 4) is 11.8 Å². The van der Waals surface area contributed by atoms with Gasteiger partial charge in [-0.05, 0) is 60.4 Å². The van der Waals surface area contributed by atoms with Gasteiger partial charge >= 0.3 is 5.97 Å². The lowest BCUT2D eigenvalue weighted by Gasteiger charge is -2.11. The van der Waals surface area contributed by atoms with E-state index in [0.717, 1.165) is 16.7 Å². The number of hydrogen-bond acceptors (Lipinski definition) is 3. The largest absolute Gasteiger partial charge is 0.478 e. The lowest BCUT2D eigenvalue weighted by molar-refractivity contribution is -0.118. The Kier molecular flexibility index (Phi) is 4.35. The van der Waals surface area contributed by atoms with Gasteiger partial charge in [0, 0.05) is 35.1 Å². The lowest BCUT2D eigenvalue weighted by atomic mass is 9.90. The maximum atomic E-state index is 13.0. The van der Waals surface area contributed by atoms with Crippen LogP contribution in [-0.4, -0.2) is 22.0 Å². The van der Waals surface area contributed by atoms with E-state index in [0.29, 0.717) is 28.3 Å². The fourth-order valence-corrected chi connectivity index (χ4v) is 4.58. The van der Waals surface area contributed by atoms with Crippen molar-refractivity contribution >= 4 is 29.2 Å². The monoisotopic (exact) mass is 428 g/mol. The molecule has 0 radical (unpaired) electrons. The molecule has 1 aliphatic heterocycles. The summed E-state index contributed by atoms with van der Waals surface area (Å²) in [5, 5.41) is 12.9. The first-order valence-electron chi connectivity index (χ1n) is 9.81. The van der Waals surface area contributed by atoms with Gasteiger partial charge in [-0.1, -0.05) is 35.6 Å². The number of nitrogens with one attached hydrogen (secondary N) is 1. The molecule has 2 aromatic carbocycles. The Balaban J connectivity index is 1.55. The van der Waals surface area contributed by atoms with Crippen LogP contribution in [0.5, 0.6) is 0 Å². The number of anilines is 1. The predicted octanol–water partition coefficient (Wildman–Crippen LogP) is 4.52. The van der Waals surface area contributed by atoms with Crippen molar-refractivity contribution in [1.29, 1.82) is 0 Å². The Labute approximate surface area is 184 Å². The van der Waals surface area contributed by atoms with Gasteiger partial charge in [-0.15, -0.1) is 0 Å². The zero-order valence-corrected chi connectivity index (χ0v) is 17.3. The number of halogens is 1. The summed E-state index contributed by atoms with van der Waals surface area (Å²) in [6.07, 6.45) is 3.97. The van der Waals surface area contributed by atoms with Gasteiger partial charge in [0.25, 0.3) is 0 Å². The molecule has 0 saturated heterocycles. The van der Waals surface area contributed by atoms with Gasteiger partial charge in [0.1, 0.15) is 0 Å². The summed E-state index contributed by atoms with van der Waals surface area (Å²) in [6.45, 7) is 1.77. The fourth-order valence-electron chi connectivity index (χ4n) is 4.37. The van der Waals surface area contributed by atoms with Crippen LogP contribution >= 0.6 is 11.6 Å². The number of carboxylic acids is 1. The van der Waals surface area contributed by atoms with Crippen LogP contribution < -0.4 is 5.32 Å². The summed E-state index contributed by atoms with van der Waals surface area (Å²) in [5.74, 6) is 5.04. The van der Waals surface area contributed by atoms with Crippen molar-refractivity contribution in [2.75, 3.05) is 5.32 Å². The average Bonchev–Trinajstić information content (AvgIpc) is 3.44. The summed E-state index contributed by atoms with van der Waals surface area (Å²) in [7, 11) is 0. The molecular weight excluding hydrogens is 412 g/mol. The first-order chi connectivity index (χ1) is 14.9. The molecule has 2 N–H and O–H groups in total. The molecule has 3 aromatic rings. The molecule has 6 heteroatoms. The average molecular weight is 429 g/mol. The van der Waals surface area contributed by atoms with Crippen molar-refractivity contribution in [2.24, 2.45) is 0 Å². The Morgan fingerprint density at radius 3 is 2.71 bits per heavy atom. The number of carbonyl (C=O) groups excluding carboxylic acids is 1. The molecule has 2 atom stereocenters. The topological polar surface area (TPSA) is 79.3 Å². The van der Waals surface area contributed by atoms with Gasteiger partial charge in [-0.3, -0.25) is 9.78 Å². The van der Waals surface area contributed by atoms with E-state index < -0.39 is 11.4 Å². The zero-order chi connectivity index (χ0) is 21.8. The number of rotatable bonds is 2. The number of aromatic carboxylic acids is 1. The van der Waals surface area contributed by atoms with E-state index >= 15 is 0 Å². The number of aryl methyl sites for hydroxylation is 1. The molecule has 1 aliphatic carbocycles. The van der Waals surface area contributed by atoms with Gasteiger partial charge < -0.3 is 10.4 Å². The highest BCUT2D eigenvalue weighted by Crippen LogP contribution is 2.65. The van der Waals surface area contributed by atoms with Crippen LogP contribution in [0, 0.1) is 18.8 Å². The Bertz CT molecular complexity index is 1320. The summed E-state index contributed by atoms with van der Waals surface area (Å²) in [6, 6.07) is 12.6. The number of carboxylic acid groups (broad SMARTS) is 1. The molecule has 1 fully saturated rings. The Morgan fingerprint density at radius 1 is 1.19 bits per heavy atom. The van der Waals surface area contributed by atoms with Crippen LogP contribution in [0.3, 0.4) is 0 Å². The van der Waals surface area contributed by atoms with Crippen LogP contribution in [0.4, 0.5) is 5.69 Å². The SMILES string of the molecule is Cc1ccc(C2CC23C(=O)Nc2cc(Cl)c(C#Cc4ccncc4)cc23)cc1C(=O)O. The second-order valence-electron chi connectivity index (χ2n) is 7.93. The molecule has 31 heavy (non-hydrogen) atoms. The van der Waals surface area contributed by atoms with E-state index in [1.165, 1.54) is 0 Å². The van der Waals surface area contributed by atoms with E-state index in [1.54, 1.807) is 37.5 Å². The third-order valence-corrected chi connectivity index (χ3v) is 6.43. The Hall–Kier alpha value is -3.62. The number of hydrogen-bond donors (Lipinski definition) is 2. The normalized spacial score (nSPS) is 20.6. The molecule has 2 heterocycles. The van der Waals surface area contributed by atoms with Crippen LogP contribution in [0.15, 0.2) is 54.9 Å². The first kappa shape index (κ1) is 19.3. The third kappa shape index (κ3) is 3.08. The van der Waals surface area contributed by atoms with Gasteiger partial charge in [-0.25, -0.2) is 4.79 Å². The van der Waals surface area contributed by atoms with E-state index in [-0.39, 0.29) is 17.4 Å². The maximum Gasteiger partial charge on any atom is 0.335 e. The minimum absolute atomic E-state index is 0.0831. The molecule has 1 spiro atoms. The van der Waals surface area contributed by atoms with E-state index in [2.05, 4.69) is 22.1 Å². The minimum atomic E-state index is -0.967. The quantitative estimate of drug-likeness (QED) is 0.588. The van der Waals surface area contributed by atoms with Gasteiger partial charge in [0.15, 0.2) is 0 Å². The standard InChI is InChI=1S/C25H17ClN2O3/c1-14-2-4-16(10-18(14)23(29)30)20-13-25(20)19-11-17(5-3-15-6-8-27-9-7-15)21(26)12-22(19)28-24(25)31/h2,4,6-12,20H,13H2,1H3,(H,28,31)(H,29,30). The number of amides is 1. The number of aromatic nitrogens is 1. The summed E-state index contributed by atoms with van der Waals surface area (Å²) < 4.78 is 0. The summed E-state index contributed by atoms with van der Waals surface area (Å²) >= 11 is 6.43. The van der Waals surface area contributed by atoms with E-state index in [9.17, 15) is 14.7 Å². The van der Waals surface area contributed by atoms with Crippen molar-refractivity contribution < 1.29 is 14.7 Å². The second-order valence-corrected chi connectivity index (χ2v) is 8.33. The fraction of sp³-hybridized carbons (Fsp3) is 0.160.